The van der Waals surface area contributed by atoms with E-state index in [1.165, 1.54) is 12.8 Å². The molecule has 0 saturated carbocycles. The summed E-state index contributed by atoms with van der Waals surface area (Å²) in [6, 6.07) is 13.5. The van der Waals surface area contributed by atoms with E-state index in [2.05, 4.69) is 6.92 Å². The number of benzene rings is 1. The first-order valence-corrected chi connectivity index (χ1v) is 12.6. The molecule has 1 heterocycles. The van der Waals surface area contributed by atoms with Gasteiger partial charge in [0.2, 0.25) is 5.41 Å². The first-order valence-electron chi connectivity index (χ1n) is 12.6. The molecular weight excluding hydrogens is 432 g/mol. The summed E-state index contributed by atoms with van der Waals surface area (Å²) in [6.45, 7) is 6.97. The quantitative estimate of drug-likeness (QED) is 0.156. The van der Waals surface area contributed by atoms with Crippen molar-refractivity contribution in [2.75, 3.05) is 19.8 Å². The molecule has 6 nitrogen and oxygen atoms in total. The van der Waals surface area contributed by atoms with E-state index in [1.807, 2.05) is 30.3 Å². The molecule has 2 aromatic rings. The van der Waals surface area contributed by atoms with Gasteiger partial charge >= 0.3 is 11.9 Å². The van der Waals surface area contributed by atoms with Gasteiger partial charge in [-0.05, 0) is 38.0 Å². The standard InChI is InChI=1S/C28H40O6/c1-4-7-8-9-10-14-20-28(26(29)32-5-2,27(30)33-6-3)25-18-17-24(34-25)19-21-31-22-23-15-12-11-13-16-23/h11-13,15-18H,4-10,14,19-22H2,1-3H3. The average Bonchev–Trinajstić information content (AvgIpc) is 3.31. The van der Waals surface area contributed by atoms with E-state index in [0.717, 1.165) is 24.8 Å². The lowest BCUT2D eigenvalue weighted by atomic mass is 9.79. The van der Waals surface area contributed by atoms with Gasteiger partial charge in [0.25, 0.3) is 0 Å². The highest BCUT2D eigenvalue weighted by molar-refractivity contribution is 6.05. The fourth-order valence-corrected chi connectivity index (χ4v) is 3.97. The SMILES string of the molecule is CCCCCCCCC(C(=O)OCC)(C(=O)OCC)c1ccc(CCOCc2ccccc2)o1. The third-order valence-corrected chi connectivity index (χ3v) is 5.84. The zero-order valence-corrected chi connectivity index (χ0v) is 21.0. The molecular formula is C28H40O6. The Morgan fingerprint density at radius 1 is 0.824 bits per heavy atom. The minimum Gasteiger partial charge on any atom is -0.465 e. The Bertz CT molecular complexity index is 824. The van der Waals surface area contributed by atoms with E-state index in [-0.39, 0.29) is 19.0 Å². The molecule has 0 unspecified atom stereocenters. The first kappa shape index (κ1) is 27.6. The summed E-state index contributed by atoms with van der Waals surface area (Å²) < 4.78 is 22.5. The maximum Gasteiger partial charge on any atom is 0.331 e. The second-order valence-corrected chi connectivity index (χ2v) is 8.42. The van der Waals surface area contributed by atoms with Crippen LogP contribution in [0.3, 0.4) is 0 Å². The molecule has 0 aliphatic heterocycles. The summed E-state index contributed by atoms with van der Waals surface area (Å²) in [5.74, 6) is -0.272. The topological polar surface area (TPSA) is 75.0 Å². The van der Waals surface area contributed by atoms with Gasteiger partial charge in [-0.3, -0.25) is 9.59 Å². The molecule has 34 heavy (non-hydrogen) atoms. The second-order valence-electron chi connectivity index (χ2n) is 8.42. The van der Waals surface area contributed by atoms with Gasteiger partial charge in [0.1, 0.15) is 11.5 Å². The van der Waals surface area contributed by atoms with Gasteiger partial charge in [-0.2, -0.15) is 0 Å². The van der Waals surface area contributed by atoms with Gasteiger partial charge in [0, 0.05) is 6.42 Å². The van der Waals surface area contributed by atoms with Crippen LogP contribution >= 0.6 is 0 Å². The van der Waals surface area contributed by atoms with Crippen LogP contribution in [0.1, 0.15) is 82.8 Å². The van der Waals surface area contributed by atoms with Crippen molar-refractivity contribution in [3.8, 4) is 0 Å². The highest BCUT2D eigenvalue weighted by atomic mass is 16.6. The summed E-state index contributed by atoms with van der Waals surface area (Å²) in [5.41, 5.74) is -0.481. The first-order chi connectivity index (χ1) is 16.6. The highest BCUT2D eigenvalue weighted by Gasteiger charge is 2.52. The number of hydrogen-bond acceptors (Lipinski definition) is 6. The number of hydrogen-bond donors (Lipinski definition) is 0. The zero-order valence-electron chi connectivity index (χ0n) is 21.0. The Balaban J connectivity index is 2.12. The predicted octanol–water partition coefficient (Wildman–Crippen LogP) is 6.15. The van der Waals surface area contributed by atoms with Gasteiger partial charge in [-0.25, -0.2) is 0 Å². The van der Waals surface area contributed by atoms with Crippen molar-refractivity contribution in [1.29, 1.82) is 0 Å². The molecule has 1 aromatic carbocycles. The number of furan rings is 1. The minimum atomic E-state index is -1.58. The van der Waals surface area contributed by atoms with Gasteiger partial charge in [0.05, 0.1) is 26.4 Å². The smallest absolute Gasteiger partial charge is 0.331 e. The molecule has 0 amide bonds. The second kappa shape index (κ2) is 15.3. The van der Waals surface area contributed by atoms with Crippen LogP contribution in [0.5, 0.6) is 0 Å². The summed E-state index contributed by atoms with van der Waals surface area (Å²) in [7, 11) is 0. The van der Waals surface area contributed by atoms with Gasteiger partial charge in [-0.15, -0.1) is 0 Å². The number of carbonyl (C=O) groups excluding carboxylic acids is 2. The number of ether oxygens (including phenoxy) is 3. The third-order valence-electron chi connectivity index (χ3n) is 5.84. The molecule has 0 radical (unpaired) electrons. The lowest BCUT2D eigenvalue weighted by molar-refractivity contribution is -0.166. The van der Waals surface area contributed by atoms with Crippen LogP contribution in [0.15, 0.2) is 46.9 Å². The van der Waals surface area contributed by atoms with Crippen molar-refractivity contribution < 1.29 is 28.2 Å². The van der Waals surface area contributed by atoms with E-state index in [0.29, 0.717) is 38.2 Å². The lowest BCUT2D eigenvalue weighted by Gasteiger charge is -2.27. The van der Waals surface area contributed by atoms with Gasteiger partial charge in [-0.1, -0.05) is 75.8 Å². The van der Waals surface area contributed by atoms with Crippen LogP contribution in [0, 0.1) is 0 Å². The summed E-state index contributed by atoms with van der Waals surface area (Å²) in [5, 5.41) is 0. The van der Waals surface area contributed by atoms with Gasteiger partial charge < -0.3 is 18.6 Å². The van der Waals surface area contributed by atoms with E-state index < -0.39 is 17.4 Å². The van der Waals surface area contributed by atoms with Crippen molar-refractivity contribution >= 4 is 11.9 Å². The summed E-state index contributed by atoms with van der Waals surface area (Å²) in [6.07, 6.45) is 7.04. The minimum absolute atomic E-state index is 0.178. The van der Waals surface area contributed by atoms with Crippen molar-refractivity contribution in [2.45, 2.75) is 84.2 Å². The molecule has 0 fully saturated rings. The Morgan fingerprint density at radius 3 is 2.12 bits per heavy atom. The summed E-state index contributed by atoms with van der Waals surface area (Å²) in [4.78, 5) is 26.3. The van der Waals surface area contributed by atoms with E-state index in [9.17, 15) is 9.59 Å². The predicted molar refractivity (Wildman–Crippen MR) is 131 cm³/mol. The molecule has 6 heteroatoms. The molecule has 0 spiro atoms. The number of unbranched alkanes of at least 4 members (excludes halogenated alkanes) is 5. The monoisotopic (exact) mass is 472 g/mol. The molecule has 2 rings (SSSR count). The largest absolute Gasteiger partial charge is 0.465 e. The molecule has 0 atom stereocenters. The maximum atomic E-state index is 13.2. The average molecular weight is 473 g/mol. The number of rotatable bonds is 17. The third kappa shape index (κ3) is 8.01. The lowest BCUT2D eigenvalue weighted by Crippen LogP contribution is -2.46. The Morgan fingerprint density at radius 2 is 1.47 bits per heavy atom. The van der Waals surface area contributed by atoms with Gasteiger partial charge in [0.15, 0.2) is 0 Å². The van der Waals surface area contributed by atoms with E-state index in [1.54, 1.807) is 26.0 Å². The maximum absolute atomic E-state index is 13.2. The Labute approximate surface area is 204 Å². The Kier molecular flexibility index (Phi) is 12.5. The fraction of sp³-hybridized carbons (Fsp3) is 0.571. The van der Waals surface area contributed by atoms with E-state index >= 15 is 0 Å². The highest BCUT2D eigenvalue weighted by Crippen LogP contribution is 2.35. The van der Waals surface area contributed by atoms with E-state index in [4.69, 9.17) is 18.6 Å². The number of esters is 2. The molecule has 0 aliphatic carbocycles. The van der Waals surface area contributed by atoms with Crippen LogP contribution in [-0.4, -0.2) is 31.8 Å². The zero-order chi connectivity index (χ0) is 24.7. The molecule has 0 aliphatic rings. The number of carbonyl (C=O) groups is 2. The van der Waals surface area contributed by atoms with Crippen molar-refractivity contribution in [3.63, 3.8) is 0 Å². The Hall–Kier alpha value is -2.60. The van der Waals surface area contributed by atoms with Crippen molar-refractivity contribution in [1.82, 2.24) is 0 Å². The molecule has 0 N–H and O–H groups in total. The molecule has 1 aromatic heterocycles. The molecule has 0 bridgehead atoms. The van der Waals surface area contributed by atoms with Crippen LogP contribution < -0.4 is 0 Å². The molecule has 188 valence electrons. The van der Waals surface area contributed by atoms with Crippen molar-refractivity contribution in [2.24, 2.45) is 0 Å². The van der Waals surface area contributed by atoms with Crippen LogP contribution in [0.4, 0.5) is 0 Å². The van der Waals surface area contributed by atoms with Crippen molar-refractivity contribution in [3.05, 3.63) is 59.5 Å². The fourth-order valence-electron chi connectivity index (χ4n) is 3.97. The normalized spacial score (nSPS) is 11.4. The summed E-state index contributed by atoms with van der Waals surface area (Å²) >= 11 is 0. The van der Waals surface area contributed by atoms with Crippen LogP contribution in [-0.2, 0) is 42.2 Å². The van der Waals surface area contributed by atoms with Crippen LogP contribution in [0.25, 0.3) is 0 Å². The van der Waals surface area contributed by atoms with Crippen LogP contribution in [0.2, 0.25) is 0 Å². The molecule has 0 saturated heterocycles.